The Balaban J connectivity index is 1.86. The second-order valence-corrected chi connectivity index (χ2v) is 6.57. The van der Waals surface area contributed by atoms with Crippen LogP contribution in [0.3, 0.4) is 0 Å². The zero-order chi connectivity index (χ0) is 15.0. The number of aromatic nitrogens is 1. The minimum absolute atomic E-state index is 0.0983. The van der Waals surface area contributed by atoms with Gasteiger partial charge in [0.2, 0.25) is 5.91 Å². The predicted octanol–water partition coefficient (Wildman–Crippen LogP) is 3.78. The van der Waals surface area contributed by atoms with Crippen LogP contribution in [0.2, 0.25) is 0 Å². The number of nitrogens with one attached hydrogen (secondary N) is 1. The summed E-state index contributed by atoms with van der Waals surface area (Å²) in [5.74, 6) is 1.16. The maximum Gasteiger partial charge on any atom is 0.229 e. The number of ether oxygens (including phenoxy) is 1. The Morgan fingerprint density at radius 2 is 2.14 bits per heavy atom. The summed E-state index contributed by atoms with van der Waals surface area (Å²) < 4.78 is 5.28. The van der Waals surface area contributed by atoms with Crippen LogP contribution in [0.25, 0.3) is 11.3 Å². The van der Waals surface area contributed by atoms with Crippen molar-refractivity contribution >= 4 is 22.4 Å². The van der Waals surface area contributed by atoms with Crippen molar-refractivity contribution in [2.45, 2.75) is 26.7 Å². The van der Waals surface area contributed by atoms with Crippen molar-refractivity contribution in [3.8, 4) is 17.0 Å². The third kappa shape index (κ3) is 2.93. The SMILES string of the molecule is COc1ccc(-c2nc(NC(=O)C3CC3)sc2C)cc1C. The van der Waals surface area contributed by atoms with E-state index in [4.69, 9.17) is 4.74 Å². The number of amides is 1. The summed E-state index contributed by atoms with van der Waals surface area (Å²) in [5, 5.41) is 3.60. The highest BCUT2D eigenvalue weighted by Crippen LogP contribution is 2.34. The summed E-state index contributed by atoms with van der Waals surface area (Å²) in [6, 6.07) is 6.01. The Labute approximate surface area is 128 Å². The van der Waals surface area contributed by atoms with Crippen molar-refractivity contribution in [3.05, 3.63) is 28.6 Å². The molecule has 1 N–H and O–H groups in total. The van der Waals surface area contributed by atoms with Gasteiger partial charge < -0.3 is 10.1 Å². The molecule has 3 rings (SSSR count). The highest BCUT2D eigenvalue weighted by molar-refractivity contribution is 7.16. The molecule has 1 aliphatic carbocycles. The number of anilines is 1. The van der Waals surface area contributed by atoms with Gasteiger partial charge in [0.25, 0.3) is 0 Å². The van der Waals surface area contributed by atoms with E-state index < -0.39 is 0 Å². The monoisotopic (exact) mass is 302 g/mol. The molecule has 1 saturated carbocycles. The van der Waals surface area contributed by atoms with E-state index in [1.165, 1.54) is 11.3 Å². The van der Waals surface area contributed by atoms with Gasteiger partial charge in [-0.25, -0.2) is 4.98 Å². The van der Waals surface area contributed by atoms with Crippen molar-refractivity contribution in [1.82, 2.24) is 4.98 Å². The van der Waals surface area contributed by atoms with Gasteiger partial charge in [-0.3, -0.25) is 4.79 Å². The van der Waals surface area contributed by atoms with Gasteiger partial charge in [-0.05, 0) is 50.5 Å². The first-order chi connectivity index (χ1) is 10.1. The number of carbonyl (C=O) groups is 1. The topological polar surface area (TPSA) is 51.2 Å². The molecule has 1 amide bonds. The van der Waals surface area contributed by atoms with Crippen LogP contribution in [0.15, 0.2) is 18.2 Å². The summed E-state index contributed by atoms with van der Waals surface area (Å²) in [6.07, 6.45) is 2.00. The number of methoxy groups -OCH3 is 1. The molecule has 0 radical (unpaired) electrons. The van der Waals surface area contributed by atoms with E-state index in [-0.39, 0.29) is 11.8 Å². The van der Waals surface area contributed by atoms with Crippen molar-refractivity contribution in [2.24, 2.45) is 5.92 Å². The maximum absolute atomic E-state index is 11.8. The maximum atomic E-state index is 11.8. The molecule has 0 atom stereocenters. The molecule has 0 bridgehead atoms. The lowest BCUT2D eigenvalue weighted by Gasteiger charge is -2.06. The highest BCUT2D eigenvalue weighted by atomic mass is 32.1. The van der Waals surface area contributed by atoms with Crippen molar-refractivity contribution < 1.29 is 9.53 Å². The molecular formula is C16H18N2O2S. The number of rotatable bonds is 4. The minimum atomic E-state index is 0.0983. The molecular weight excluding hydrogens is 284 g/mol. The molecule has 1 aromatic heterocycles. The van der Waals surface area contributed by atoms with Gasteiger partial charge in [-0.15, -0.1) is 11.3 Å². The largest absolute Gasteiger partial charge is 0.496 e. The molecule has 0 spiro atoms. The lowest BCUT2D eigenvalue weighted by atomic mass is 10.1. The number of aryl methyl sites for hydroxylation is 2. The third-order valence-electron chi connectivity index (χ3n) is 3.64. The molecule has 1 fully saturated rings. The summed E-state index contributed by atoms with van der Waals surface area (Å²) >= 11 is 1.52. The fraction of sp³-hybridized carbons (Fsp3) is 0.375. The van der Waals surface area contributed by atoms with Crippen LogP contribution < -0.4 is 10.1 Å². The molecule has 5 heteroatoms. The van der Waals surface area contributed by atoms with Crippen LogP contribution in [0.5, 0.6) is 5.75 Å². The Hall–Kier alpha value is -1.88. The van der Waals surface area contributed by atoms with E-state index in [0.717, 1.165) is 40.3 Å². The summed E-state index contributed by atoms with van der Waals surface area (Å²) in [6.45, 7) is 4.04. The summed E-state index contributed by atoms with van der Waals surface area (Å²) in [5.41, 5.74) is 3.05. The van der Waals surface area contributed by atoms with E-state index in [0.29, 0.717) is 5.13 Å². The minimum Gasteiger partial charge on any atom is -0.496 e. The number of nitrogens with zero attached hydrogens (tertiary/aromatic N) is 1. The van der Waals surface area contributed by atoms with Crippen molar-refractivity contribution in [2.75, 3.05) is 12.4 Å². The van der Waals surface area contributed by atoms with Crippen LogP contribution in [0.4, 0.5) is 5.13 Å². The second-order valence-electron chi connectivity index (χ2n) is 5.37. The molecule has 0 aliphatic heterocycles. The van der Waals surface area contributed by atoms with Gasteiger partial charge in [0.05, 0.1) is 12.8 Å². The number of benzene rings is 1. The van der Waals surface area contributed by atoms with E-state index in [2.05, 4.69) is 16.4 Å². The van der Waals surface area contributed by atoms with Gasteiger partial charge in [0.15, 0.2) is 5.13 Å². The molecule has 1 aromatic carbocycles. The first kappa shape index (κ1) is 14.1. The number of thiazole rings is 1. The standard InChI is InChI=1S/C16H18N2O2S/c1-9-8-12(6-7-13(9)20-3)14-10(2)21-16(17-14)18-15(19)11-4-5-11/h6-8,11H,4-5H2,1-3H3,(H,17,18,19). The quantitative estimate of drug-likeness (QED) is 0.935. The molecule has 2 aromatic rings. The zero-order valence-electron chi connectivity index (χ0n) is 12.4. The van der Waals surface area contributed by atoms with Gasteiger partial charge in [-0.1, -0.05) is 0 Å². The fourth-order valence-corrected chi connectivity index (χ4v) is 3.14. The second kappa shape index (κ2) is 5.48. The van der Waals surface area contributed by atoms with Crippen LogP contribution in [0, 0.1) is 19.8 Å². The molecule has 4 nitrogen and oxygen atoms in total. The zero-order valence-corrected chi connectivity index (χ0v) is 13.2. The van der Waals surface area contributed by atoms with E-state index in [9.17, 15) is 4.79 Å². The molecule has 1 aliphatic rings. The van der Waals surface area contributed by atoms with Crippen molar-refractivity contribution in [1.29, 1.82) is 0 Å². The Bertz CT molecular complexity index is 690. The van der Waals surface area contributed by atoms with Crippen molar-refractivity contribution in [3.63, 3.8) is 0 Å². The lowest BCUT2D eigenvalue weighted by molar-refractivity contribution is -0.117. The van der Waals surface area contributed by atoms with Crippen LogP contribution in [0.1, 0.15) is 23.3 Å². The van der Waals surface area contributed by atoms with Crippen LogP contribution in [-0.4, -0.2) is 18.0 Å². The van der Waals surface area contributed by atoms with Crippen LogP contribution >= 0.6 is 11.3 Å². The average molecular weight is 302 g/mol. The fourth-order valence-electron chi connectivity index (χ4n) is 2.30. The molecule has 0 unspecified atom stereocenters. The number of hydrogen-bond donors (Lipinski definition) is 1. The van der Waals surface area contributed by atoms with Gasteiger partial charge in [0.1, 0.15) is 5.75 Å². The molecule has 21 heavy (non-hydrogen) atoms. The van der Waals surface area contributed by atoms with Gasteiger partial charge in [-0.2, -0.15) is 0 Å². The Morgan fingerprint density at radius 3 is 2.76 bits per heavy atom. The Kier molecular flexibility index (Phi) is 3.68. The van der Waals surface area contributed by atoms with E-state index in [1.807, 2.05) is 26.0 Å². The average Bonchev–Trinajstić information content (AvgIpc) is 3.23. The summed E-state index contributed by atoms with van der Waals surface area (Å²) in [7, 11) is 1.67. The van der Waals surface area contributed by atoms with E-state index >= 15 is 0 Å². The molecule has 1 heterocycles. The third-order valence-corrected chi connectivity index (χ3v) is 4.53. The highest BCUT2D eigenvalue weighted by Gasteiger charge is 2.30. The van der Waals surface area contributed by atoms with Crippen LogP contribution in [-0.2, 0) is 4.79 Å². The molecule has 0 saturated heterocycles. The van der Waals surface area contributed by atoms with E-state index in [1.54, 1.807) is 7.11 Å². The number of hydrogen-bond acceptors (Lipinski definition) is 4. The number of carbonyl (C=O) groups excluding carboxylic acids is 1. The smallest absolute Gasteiger partial charge is 0.229 e. The van der Waals surface area contributed by atoms with Gasteiger partial charge >= 0.3 is 0 Å². The summed E-state index contributed by atoms with van der Waals surface area (Å²) in [4.78, 5) is 17.5. The lowest BCUT2D eigenvalue weighted by Crippen LogP contribution is -2.12. The Morgan fingerprint density at radius 1 is 1.38 bits per heavy atom. The first-order valence-electron chi connectivity index (χ1n) is 7.02. The predicted molar refractivity (Wildman–Crippen MR) is 84.9 cm³/mol. The molecule has 110 valence electrons. The normalized spacial score (nSPS) is 14.0. The van der Waals surface area contributed by atoms with Gasteiger partial charge in [0, 0.05) is 16.4 Å². The first-order valence-corrected chi connectivity index (χ1v) is 7.83.